The van der Waals surface area contributed by atoms with Crippen molar-refractivity contribution in [1.82, 2.24) is 19.9 Å². The fourth-order valence-corrected chi connectivity index (χ4v) is 8.82. The topological polar surface area (TPSA) is 64.7 Å². The van der Waals surface area contributed by atoms with E-state index in [-0.39, 0.29) is 0 Å². The van der Waals surface area contributed by atoms with Gasteiger partial charge in [0.15, 0.2) is 17.5 Å². The Balaban J connectivity index is 1.08. The SMILES string of the molecule is c1ccc(-c2ccc(-c3nc4ccccc4c4c(-c5ccc(-c6nc(-c7ccccc7)nc(-c7cccc8ccccc78)n6)cc5)c5c(cc34)oc3ccccc35)cc2)cc1. The van der Waals surface area contributed by atoms with Crippen molar-refractivity contribution in [2.24, 2.45) is 0 Å². The minimum atomic E-state index is 0.607. The van der Waals surface area contributed by atoms with Crippen molar-refractivity contribution in [3.05, 3.63) is 206 Å². The maximum atomic E-state index is 6.68. The van der Waals surface area contributed by atoms with Gasteiger partial charge in [-0.3, -0.25) is 0 Å². The van der Waals surface area contributed by atoms with E-state index in [4.69, 9.17) is 24.4 Å². The number of rotatable bonds is 6. The third-order valence-corrected chi connectivity index (χ3v) is 11.7. The summed E-state index contributed by atoms with van der Waals surface area (Å²) in [6, 6.07) is 71.6. The van der Waals surface area contributed by atoms with E-state index in [1.165, 1.54) is 5.56 Å². The number of pyridine rings is 1. The van der Waals surface area contributed by atoms with Crippen molar-refractivity contribution < 1.29 is 4.42 Å². The van der Waals surface area contributed by atoms with Gasteiger partial charge >= 0.3 is 0 Å². The van der Waals surface area contributed by atoms with Gasteiger partial charge in [0.2, 0.25) is 0 Å². The van der Waals surface area contributed by atoms with E-state index in [0.717, 1.165) is 99.0 Å². The maximum Gasteiger partial charge on any atom is 0.164 e. The lowest BCUT2D eigenvalue weighted by molar-refractivity contribution is 0.669. The van der Waals surface area contributed by atoms with Gasteiger partial charge in [-0.25, -0.2) is 19.9 Å². The van der Waals surface area contributed by atoms with Gasteiger partial charge in [-0.05, 0) is 45.7 Å². The minimum Gasteiger partial charge on any atom is -0.456 e. The van der Waals surface area contributed by atoms with Crippen LogP contribution in [0.15, 0.2) is 211 Å². The predicted octanol–water partition coefficient (Wildman–Crippen LogP) is 14.6. The molecule has 0 N–H and O–H groups in total. The number of aromatic nitrogens is 4. The second-order valence-electron chi connectivity index (χ2n) is 15.3. The van der Waals surface area contributed by atoms with E-state index >= 15 is 0 Å². The Labute approximate surface area is 351 Å². The molecule has 12 rings (SSSR count). The van der Waals surface area contributed by atoms with Gasteiger partial charge in [0.25, 0.3) is 0 Å². The van der Waals surface area contributed by atoms with Gasteiger partial charge in [-0.1, -0.05) is 188 Å². The molecule has 5 heteroatoms. The zero-order chi connectivity index (χ0) is 40.3. The van der Waals surface area contributed by atoms with Crippen LogP contribution in [-0.2, 0) is 0 Å². The molecular formula is C56H34N4O. The molecule has 0 unspecified atom stereocenters. The van der Waals surface area contributed by atoms with Crippen molar-refractivity contribution >= 4 is 54.4 Å². The molecule has 12 aromatic rings. The molecule has 9 aromatic carbocycles. The van der Waals surface area contributed by atoms with Gasteiger partial charge in [-0.2, -0.15) is 0 Å². The minimum absolute atomic E-state index is 0.607. The number of hydrogen-bond donors (Lipinski definition) is 0. The molecule has 5 nitrogen and oxygen atoms in total. The first-order valence-corrected chi connectivity index (χ1v) is 20.5. The molecule has 0 aliphatic rings. The first-order valence-electron chi connectivity index (χ1n) is 20.5. The lowest BCUT2D eigenvalue weighted by atomic mass is 9.89. The molecule has 0 spiro atoms. The second-order valence-corrected chi connectivity index (χ2v) is 15.3. The summed E-state index contributed by atoms with van der Waals surface area (Å²) in [7, 11) is 0. The molecular weight excluding hydrogens is 745 g/mol. The number of nitrogens with zero attached hydrogens (tertiary/aromatic N) is 4. The van der Waals surface area contributed by atoms with Gasteiger partial charge in [-0.15, -0.1) is 0 Å². The van der Waals surface area contributed by atoms with Crippen LogP contribution in [0, 0.1) is 0 Å². The highest BCUT2D eigenvalue weighted by Crippen LogP contribution is 2.46. The number of furan rings is 1. The van der Waals surface area contributed by atoms with Crippen LogP contribution < -0.4 is 0 Å². The quantitative estimate of drug-likeness (QED) is 0.157. The normalized spacial score (nSPS) is 11.6. The lowest BCUT2D eigenvalue weighted by Crippen LogP contribution is -2.00. The summed E-state index contributed by atoms with van der Waals surface area (Å²) in [5.41, 5.74) is 11.8. The molecule has 3 heterocycles. The van der Waals surface area contributed by atoms with Crippen LogP contribution in [-0.4, -0.2) is 19.9 Å². The number of fused-ring (bicyclic) bond motifs is 7. The smallest absolute Gasteiger partial charge is 0.164 e. The van der Waals surface area contributed by atoms with Crippen LogP contribution in [0.1, 0.15) is 0 Å². The van der Waals surface area contributed by atoms with E-state index in [1.54, 1.807) is 0 Å². The third kappa shape index (κ3) is 5.94. The highest BCUT2D eigenvalue weighted by atomic mass is 16.3. The summed E-state index contributed by atoms with van der Waals surface area (Å²) in [6.07, 6.45) is 0. The molecule has 0 amide bonds. The zero-order valence-electron chi connectivity index (χ0n) is 32.8. The first kappa shape index (κ1) is 34.7. The Kier molecular flexibility index (Phi) is 8.10. The highest BCUT2D eigenvalue weighted by Gasteiger charge is 2.22. The largest absolute Gasteiger partial charge is 0.456 e. The molecule has 0 radical (unpaired) electrons. The van der Waals surface area contributed by atoms with E-state index in [0.29, 0.717) is 17.5 Å². The van der Waals surface area contributed by atoms with Crippen LogP contribution in [0.2, 0.25) is 0 Å². The van der Waals surface area contributed by atoms with Crippen LogP contribution in [0.5, 0.6) is 0 Å². The van der Waals surface area contributed by atoms with Crippen molar-refractivity contribution in [3.8, 4) is 67.7 Å². The molecule has 0 aliphatic heterocycles. The predicted molar refractivity (Wildman–Crippen MR) is 250 cm³/mol. The van der Waals surface area contributed by atoms with Crippen LogP contribution >= 0.6 is 0 Å². The molecule has 0 saturated carbocycles. The Morgan fingerprint density at radius 3 is 1.62 bits per heavy atom. The van der Waals surface area contributed by atoms with E-state index < -0.39 is 0 Å². The number of para-hydroxylation sites is 2. The van der Waals surface area contributed by atoms with Gasteiger partial charge < -0.3 is 4.42 Å². The van der Waals surface area contributed by atoms with Gasteiger partial charge in [0, 0.05) is 54.7 Å². The van der Waals surface area contributed by atoms with Crippen LogP contribution in [0.4, 0.5) is 0 Å². The van der Waals surface area contributed by atoms with Crippen molar-refractivity contribution in [3.63, 3.8) is 0 Å². The summed E-state index contributed by atoms with van der Waals surface area (Å²) in [5.74, 6) is 1.87. The van der Waals surface area contributed by atoms with Crippen LogP contribution in [0.3, 0.4) is 0 Å². The van der Waals surface area contributed by atoms with E-state index in [1.807, 2.05) is 48.5 Å². The molecule has 3 aromatic heterocycles. The van der Waals surface area contributed by atoms with Crippen molar-refractivity contribution in [1.29, 1.82) is 0 Å². The van der Waals surface area contributed by atoms with Crippen molar-refractivity contribution in [2.75, 3.05) is 0 Å². The standard InChI is InChI=1S/C56H34N4O/c1-3-14-35(15-4-1)36-26-30-39(31-27-36)53-46-34-49-52(45-22-10-12-25-48(45)61-49)50(51(46)44-21-9-11-24-47(44)57-53)38-28-32-41(33-29-38)55-58-54(40-17-5-2-6-18-40)59-56(60-55)43-23-13-19-37-16-7-8-20-42(37)43/h1-34H. The Hall–Kier alpha value is -8.28. The fourth-order valence-electron chi connectivity index (χ4n) is 8.82. The van der Waals surface area contributed by atoms with Gasteiger partial charge in [0.1, 0.15) is 11.2 Å². The summed E-state index contributed by atoms with van der Waals surface area (Å²) >= 11 is 0. The zero-order valence-corrected chi connectivity index (χ0v) is 32.8. The van der Waals surface area contributed by atoms with Crippen LogP contribution in [0.25, 0.3) is 122 Å². The number of benzene rings is 9. The average Bonchev–Trinajstić information content (AvgIpc) is 3.71. The van der Waals surface area contributed by atoms with Gasteiger partial charge in [0.05, 0.1) is 11.2 Å². The molecule has 284 valence electrons. The Morgan fingerprint density at radius 2 is 0.852 bits per heavy atom. The van der Waals surface area contributed by atoms with E-state index in [9.17, 15) is 0 Å². The number of hydrogen-bond acceptors (Lipinski definition) is 5. The molecule has 0 atom stereocenters. The fraction of sp³-hybridized carbons (Fsp3) is 0. The van der Waals surface area contributed by atoms with Crippen molar-refractivity contribution in [2.45, 2.75) is 0 Å². The average molecular weight is 779 g/mol. The Bertz CT molecular complexity index is 3610. The summed E-state index contributed by atoms with van der Waals surface area (Å²) in [4.78, 5) is 20.6. The molecule has 0 aliphatic carbocycles. The summed E-state index contributed by atoms with van der Waals surface area (Å²) in [5, 5.41) is 7.61. The third-order valence-electron chi connectivity index (χ3n) is 11.7. The molecule has 0 saturated heterocycles. The lowest BCUT2D eigenvalue weighted by Gasteiger charge is -2.16. The Morgan fingerprint density at radius 1 is 0.311 bits per heavy atom. The highest BCUT2D eigenvalue weighted by molar-refractivity contribution is 6.27. The first-order chi connectivity index (χ1) is 30.2. The summed E-state index contributed by atoms with van der Waals surface area (Å²) < 4.78 is 6.68. The second kappa shape index (κ2) is 14.2. The van der Waals surface area contributed by atoms with E-state index in [2.05, 4.69) is 158 Å². The maximum absolute atomic E-state index is 6.68. The summed E-state index contributed by atoms with van der Waals surface area (Å²) in [6.45, 7) is 0. The molecule has 0 bridgehead atoms. The molecule has 61 heavy (non-hydrogen) atoms. The monoisotopic (exact) mass is 778 g/mol. The molecule has 0 fully saturated rings.